The van der Waals surface area contributed by atoms with Gasteiger partial charge in [0.1, 0.15) is 0 Å². The largest absolute Gasteiger partial charge is 0.481 e. The normalized spacial score (nSPS) is 33.1. The van der Waals surface area contributed by atoms with Crippen LogP contribution >= 0.6 is 0 Å². The van der Waals surface area contributed by atoms with E-state index in [1.165, 1.54) is 0 Å². The van der Waals surface area contributed by atoms with E-state index >= 15 is 0 Å². The van der Waals surface area contributed by atoms with Gasteiger partial charge in [0.05, 0.1) is 11.3 Å². The molecule has 0 aromatic rings. The summed E-state index contributed by atoms with van der Waals surface area (Å²) in [5.74, 6) is 0.0764. The first-order valence-corrected chi connectivity index (χ1v) is 8.17. The van der Waals surface area contributed by atoms with Gasteiger partial charge in [-0.15, -0.1) is 0 Å². The van der Waals surface area contributed by atoms with Crippen molar-refractivity contribution in [2.75, 3.05) is 19.6 Å². The van der Waals surface area contributed by atoms with Crippen LogP contribution in [-0.2, 0) is 9.59 Å². The number of aliphatic carboxylic acids is 1. The Labute approximate surface area is 126 Å². The van der Waals surface area contributed by atoms with E-state index in [0.29, 0.717) is 18.4 Å². The number of carbonyl (C=O) groups is 2. The Balaban J connectivity index is 1.80. The first-order valence-electron chi connectivity index (χ1n) is 8.17. The number of carboxylic acids is 1. The molecule has 21 heavy (non-hydrogen) atoms. The second-order valence-electron chi connectivity index (χ2n) is 7.00. The minimum Gasteiger partial charge on any atom is -0.481 e. The topological polar surface area (TPSA) is 78.4 Å². The summed E-state index contributed by atoms with van der Waals surface area (Å²) in [4.78, 5) is 23.5. The average molecular weight is 296 g/mol. The molecule has 0 spiro atoms. The van der Waals surface area contributed by atoms with Gasteiger partial charge >= 0.3 is 5.97 Å². The summed E-state index contributed by atoms with van der Waals surface area (Å²) in [6.45, 7) is 6.60. The number of carbonyl (C=O) groups excluding carboxylic acids is 1. The summed E-state index contributed by atoms with van der Waals surface area (Å²) < 4.78 is 0. The fourth-order valence-electron chi connectivity index (χ4n) is 3.69. The van der Waals surface area contributed by atoms with Gasteiger partial charge in [-0.05, 0) is 50.5 Å². The third-order valence-corrected chi connectivity index (χ3v) is 5.49. The second-order valence-corrected chi connectivity index (χ2v) is 7.00. The molecule has 1 aliphatic heterocycles. The number of nitrogens with one attached hydrogen (secondary N) is 2. The van der Waals surface area contributed by atoms with Gasteiger partial charge < -0.3 is 15.7 Å². The summed E-state index contributed by atoms with van der Waals surface area (Å²) in [7, 11) is 0. The minimum atomic E-state index is -0.673. The van der Waals surface area contributed by atoms with Crippen molar-refractivity contribution in [3.8, 4) is 0 Å². The molecule has 0 aromatic heterocycles. The molecule has 2 fully saturated rings. The summed E-state index contributed by atoms with van der Waals surface area (Å²) in [5, 5.41) is 15.4. The predicted molar refractivity (Wildman–Crippen MR) is 80.9 cm³/mol. The molecule has 2 rings (SSSR count). The van der Waals surface area contributed by atoms with Crippen LogP contribution in [0.1, 0.15) is 46.0 Å². The molecule has 0 radical (unpaired) electrons. The Kier molecular flexibility index (Phi) is 5.25. The maximum absolute atomic E-state index is 12.6. The van der Waals surface area contributed by atoms with Gasteiger partial charge in [0.15, 0.2) is 0 Å². The highest BCUT2D eigenvalue weighted by atomic mass is 16.4. The van der Waals surface area contributed by atoms with Crippen molar-refractivity contribution < 1.29 is 14.7 Å². The Hall–Kier alpha value is -1.10. The molecule has 5 heteroatoms. The van der Waals surface area contributed by atoms with E-state index in [0.717, 1.165) is 45.2 Å². The fourth-order valence-corrected chi connectivity index (χ4v) is 3.69. The standard InChI is InChI=1S/C16H28N2O3/c1-11(2)16(7-8-17-10-16)15(21)18-9-12-3-5-13(6-4-12)14(19)20/h11-13,17H,3-10H2,1-2H3,(H,18,21)(H,19,20). The molecule has 5 nitrogen and oxygen atoms in total. The molecular formula is C16H28N2O3. The molecule has 120 valence electrons. The Morgan fingerprint density at radius 1 is 1.29 bits per heavy atom. The highest BCUT2D eigenvalue weighted by Gasteiger charge is 2.43. The van der Waals surface area contributed by atoms with E-state index in [4.69, 9.17) is 5.11 Å². The minimum absolute atomic E-state index is 0.169. The zero-order valence-electron chi connectivity index (χ0n) is 13.2. The number of rotatable bonds is 5. The number of amides is 1. The van der Waals surface area contributed by atoms with Gasteiger partial charge in [-0.25, -0.2) is 0 Å². The highest BCUT2D eigenvalue weighted by molar-refractivity contribution is 5.83. The lowest BCUT2D eigenvalue weighted by molar-refractivity contribution is -0.143. The summed E-state index contributed by atoms with van der Waals surface area (Å²) in [6.07, 6.45) is 4.20. The molecule has 1 atom stereocenters. The maximum Gasteiger partial charge on any atom is 0.306 e. The first-order chi connectivity index (χ1) is 9.95. The third-order valence-electron chi connectivity index (χ3n) is 5.49. The fraction of sp³-hybridized carbons (Fsp3) is 0.875. The van der Waals surface area contributed by atoms with Crippen molar-refractivity contribution in [3.63, 3.8) is 0 Å². The first kappa shape index (κ1) is 16.3. The molecule has 1 amide bonds. The van der Waals surface area contributed by atoms with E-state index < -0.39 is 5.97 Å². The van der Waals surface area contributed by atoms with Crippen molar-refractivity contribution in [1.82, 2.24) is 10.6 Å². The lowest BCUT2D eigenvalue weighted by Gasteiger charge is -2.33. The molecule has 1 saturated carbocycles. The summed E-state index contributed by atoms with van der Waals surface area (Å²) in [5.41, 5.74) is -0.266. The van der Waals surface area contributed by atoms with Crippen LogP contribution in [0.4, 0.5) is 0 Å². The van der Waals surface area contributed by atoms with Crippen LogP contribution in [0.2, 0.25) is 0 Å². The lowest BCUT2D eigenvalue weighted by atomic mass is 9.75. The Bertz CT molecular complexity index is 381. The van der Waals surface area contributed by atoms with Gasteiger partial charge in [-0.2, -0.15) is 0 Å². The van der Waals surface area contributed by atoms with Crippen LogP contribution in [-0.4, -0.2) is 36.6 Å². The van der Waals surface area contributed by atoms with Crippen molar-refractivity contribution in [2.24, 2.45) is 23.2 Å². The van der Waals surface area contributed by atoms with Gasteiger partial charge in [0.2, 0.25) is 5.91 Å². The number of carboxylic acid groups (broad SMARTS) is 1. The predicted octanol–water partition coefficient (Wildman–Crippen LogP) is 1.63. The summed E-state index contributed by atoms with van der Waals surface area (Å²) >= 11 is 0. The molecule has 1 unspecified atom stereocenters. The van der Waals surface area contributed by atoms with Crippen molar-refractivity contribution in [3.05, 3.63) is 0 Å². The highest BCUT2D eigenvalue weighted by Crippen LogP contribution is 2.35. The van der Waals surface area contributed by atoms with Crippen LogP contribution in [0.25, 0.3) is 0 Å². The zero-order chi connectivity index (χ0) is 15.5. The van der Waals surface area contributed by atoms with Crippen molar-refractivity contribution >= 4 is 11.9 Å². The lowest BCUT2D eigenvalue weighted by Crippen LogP contribution is -2.47. The van der Waals surface area contributed by atoms with E-state index in [1.807, 2.05) is 0 Å². The van der Waals surface area contributed by atoms with Crippen LogP contribution < -0.4 is 10.6 Å². The van der Waals surface area contributed by atoms with Crippen molar-refractivity contribution in [2.45, 2.75) is 46.0 Å². The molecule has 3 N–H and O–H groups in total. The van der Waals surface area contributed by atoms with E-state index in [9.17, 15) is 9.59 Å². The molecular weight excluding hydrogens is 268 g/mol. The average Bonchev–Trinajstić information content (AvgIpc) is 2.96. The van der Waals surface area contributed by atoms with Gasteiger partial charge in [-0.1, -0.05) is 13.8 Å². The molecule has 0 aromatic carbocycles. The molecule has 1 aliphatic carbocycles. The van der Waals surface area contributed by atoms with Crippen LogP contribution in [0, 0.1) is 23.2 Å². The molecule has 1 heterocycles. The van der Waals surface area contributed by atoms with E-state index in [2.05, 4.69) is 24.5 Å². The van der Waals surface area contributed by atoms with Gasteiger partial charge in [0.25, 0.3) is 0 Å². The smallest absolute Gasteiger partial charge is 0.306 e. The Morgan fingerprint density at radius 3 is 2.43 bits per heavy atom. The molecule has 2 aliphatic rings. The maximum atomic E-state index is 12.6. The second kappa shape index (κ2) is 6.77. The van der Waals surface area contributed by atoms with Crippen LogP contribution in [0.3, 0.4) is 0 Å². The van der Waals surface area contributed by atoms with Crippen LogP contribution in [0.5, 0.6) is 0 Å². The monoisotopic (exact) mass is 296 g/mol. The van der Waals surface area contributed by atoms with E-state index in [1.54, 1.807) is 0 Å². The van der Waals surface area contributed by atoms with Gasteiger partial charge in [0, 0.05) is 13.1 Å². The van der Waals surface area contributed by atoms with Crippen molar-refractivity contribution in [1.29, 1.82) is 0 Å². The van der Waals surface area contributed by atoms with E-state index in [-0.39, 0.29) is 17.2 Å². The number of hydrogen-bond acceptors (Lipinski definition) is 3. The van der Waals surface area contributed by atoms with Gasteiger partial charge in [-0.3, -0.25) is 9.59 Å². The van der Waals surface area contributed by atoms with Crippen LogP contribution in [0.15, 0.2) is 0 Å². The SMILES string of the molecule is CC(C)C1(C(=O)NCC2CCC(C(=O)O)CC2)CCNC1. The quantitative estimate of drug-likeness (QED) is 0.720. The zero-order valence-corrected chi connectivity index (χ0v) is 13.2. The number of hydrogen-bond donors (Lipinski definition) is 3. The molecule has 1 saturated heterocycles. The third kappa shape index (κ3) is 3.57. The molecule has 0 bridgehead atoms. The summed E-state index contributed by atoms with van der Waals surface area (Å²) in [6, 6.07) is 0. The Morgan fingerprint density at radius 2 is 1.95 bits per heavy atom.